The van der Waals surface area contributed by atoms with E-state index < -0.39 is 0 Å². The van der Waals surface area contributed by atoms with Crippen LogP contribution in [0.15, 0.2) is 60.7 Å². The molecule has 2 rings (SSSR count). The van der Waals surface area contributed by atoms with Crippen molar-refractivity contribution in [3.63, 3.8) is 0 Å². The van der Waals surface area contributed by atoms with E-state index >= 15 is 0 Å². The molecule has 0 bridgehead atoms. The van der Waals surface area contributed by atoms with E-state index in [1.807, 2.05) is 60.7 Å². The van der Waals surface area contributed by atoms with Gasteiger partial charge < -0.3 is 0 Å². The van der Waals surface area contributed by atoms with Gasteiger partial charge in [0.05, 0.1) is 0 Å². The third-order valence-electron chi connectivity index (χ3n) is 1.11. The van der Waals surface area contributed by atoms with Gasteiger partial charge in [0.25, 0.3) is 0 Å². The first-order valence-electron chi connectivity index (χ1n) is 3.80. The number of rotatable bonds is 0. The molecule has 0 unspecified atom stereocenters. The molecule has 0 saturated carbocycles. The minimum atomic E-state index is -0.132. The fourth-order valence-corrected chi connectivity index (χ4v) is 0.642. The maximum atomic E-state index is 2.44. The van der Waals surface area contributed by atoms with Crippen molar-refractivity contribution in [3.05, 3.63) is 60.7 Å². The SMILES string of the molecule is [Fe+2].[I][Cr]([I])[I].c1cc[cH-]c1.c1cc[cH-]c1. The Kier molecular flexibility index (Phi) is 20.5. The van der Waals surface area contributed by atoms with Crippen molar-refractivity contribution in [2.24, 2.45) is 0 Å². The normalized spacial score (nSPS) is 7.73. The van der Waals surface area contributed by atoms with Crippen LogP contribution < -0.4 is 0 Å². The van der Waals surface area contributed by atoms with Gasteiger partial charge in [-0.15, -0.1) is 0 Å². The Morgan fingerprint density at radius 3 is 0.933 bits per heavy atom. The first-order chi connectivity index (χ1) is 6.73. The smallest absolute Gasteiger partial charge is 0.172 e. The van der Waals surface area contributed by atoms with Gasteiger partial charge in [-0.1, -0.05) is 0 Å². The molecule has 0 N–H and O–H groups in total. The van der Waals surface area contributed by atoms with E-state index in [1.165, 1.54) is 0 Å². The van der Waals surface area contributed by atoms with Gasteiger partial charge in [0.2, 0.25) is 0 Å². The van der Waals surface area contributed by atoms with Gasteiger partial charge in [0.15, 0.2) is 0 Å². The van der Waals surface area contributed by atoms with Gasteiger partial charge in [-0.05, 0) is 0 Å². The van der Waals surface area contributed by atoms with Crippen LogP contribution in [-0.2, 0) is 21.4 Å². The number of hydrogen-bond acceptors (Lipinski definition) is 0. The van der Waals surface area contributed by atoms with E-state index in [-0.39, 0.29) is 21.4 Å². The molecule has 5 heteroatoms. The van der Waals surface area contributed by atoms with E-state index in [0.717, 1.165) is 0 Å². The van der Waals surface area contributed by atoms with Crippen molar-refractivity contribution in [2.45, 2.75) is 0 Å². The maximum absolute atomic E-state index is 2.44. The molecular weight excluding hydrogens is 609 g/mol. The van der Waals surface area contributed by atoms with Gasteiger partial charge in [-0.25, -0.2) is 24.3 Å². The Morgan fingerprint density at radius 1 is 0.667 bits per heavy atom. The summed E-state index contributed by atoms with van der Waals surface area (Å²) >= 11 is 7.33. The average Bonchev–Trinajstić information content (AvgIpc) is 2.83. The second kappa shape index (κ2) is 15.9. The largest absolute Gasteiger partial charge is 0.214 e. The molecule has 0 amide bonds. The summed E-state index contributed by atoms with van der Waals surface area (Å²) in [5.41, 5.74) is 0. The standard InChI is InChI=1S/2C5H5.Cr.Fe.3HI/c2*1-2-4-5-3-1;;;;;/h2*1-5H;;;3*1H/q2*-1;+3;+2;;;/p-3. The Morgan fingerprint density at radius 2 is 0.867 bits per heavy atom. The van der Waals surface area contributed by atoms with E-state index in [9.17, 15) is 0 Å². The van der Waals surface area contributed by atoms with Crippen LogP contribution in [0.3, 0.4) is 0 Å². The summed E-state index contributed by atoms with van der Waals surface area (Å²) in [5, 5.41) is 0. The fraction of sp³-hybridized carbons (Fsp3) is 0. The van der Waals surface area contributed by atoms with Crippen molar-refractivity contribution in [2.75, 3.05) is 0 Å². The van der Waals surface area contributed by atoms with Gasteiger partial charge >= 0.3 is 82.2 Å². The second-order valence-corrected chi connectivity index (χ2v) is 34.4. The molecule has 0 nitrogen and oxygen atoms in total. The van der Waals surface area contributed by atoms with Crippen LogP contribution in [0.25, 0.3) is 0 Å². The number of hydrogen-bond donors (Lipinski definition) is 0. The molecule has 0 aliphatic heterocycles. The van der Waals surface area contributed by atoms with Crippen LogP contribution in [-0.4, -0.2) is 0 Å². The van der Waals surface area contributed by atoms with Gasteiger partial charge in [-0.3, -0.25) is 0 Å². The molecule has 0 spiro atoms. The van der Waals surface area contributed by atoms with Crippen molar-refractivity contribution in [1.82, 2.24) is 0 Å². The molecule has 2 aromatic carbocycles. The first kappa shape index (κ1) is 19.3. The second-order valence-electron chi connectivity index (χ2n) is 2.10. The van der Waals surface area contributed by atoms with Crippen molar-refractivity contribution in [1.29, 1.82) is 0 Å². The first-order valence-corrected chi connectivity index (χ1v) is 16.1. The predicted molar refractivity (Wildman–Crippen MR) is 86.1 cm³/mol. The molecular formula is C10H10CrFeI3. The topological polar surface area (TPSA) is 0 Å². The minimum Gasteiger partial charge on any atom is -0.214 e. The van der Waals surface area contributed by atoms with E-state index in [1.54, 1.807) is 0 Å². The molecule has 0 heterocycles. The van der Waals surface area contributed by atoms with Crippen LogP contribution in [0.1, 0.15) is 0 Å². The maximum Gasteiger partial charge on any atom is -0.172 e. The third-order valence-corrected chi connectivity index (χ3v) is 1.11. The van der Waals surface area contributed by atoms with Crippen LogP contribution in [0.4, 0.5) is 0 Å². The molecule has 0 aliphatic carbocycles. The Hall–Kier alpha value is 1.94. The summed E-state index contributed by atoms with van der Waals surface area (Å²) in [6, 6.07) is 20.0. The van der Waals surface area contributed by atoms with Crippen molar-refractivity contribution >= 4 is 60.8 Å². The summed E-state index contributed by atoms with van der Waals surface area (Å²) in [4.78, 5) is 0. The van der Waals surface area contributed by atoms with E-state index in [2.05, 4.69) is 60.8 Å². The van der Waals surface area contributed by atoms with Crippen LogP contribution in [0.2, 0.25) is 0 Å². The zero-order chi connectivity index (χ0) is 10.6. The molecule has 0 saturated heterocycles. The molecule has 2 aromatic rings. The van der Waals surface area contributed by atoms with Crippen LogP contribution >= 0.6 is 60.8 Å². The summed E-state index contributed by atoms with van der Waals surface area (Å²) in [5.74, 6) is 0. The average molecular weight is 619 g/mol. The van der Waals surface area contributed by atoms with Crippen LogP contribution in [0, 0.1) is 0 Å². The van der Waals surface area contributed by atoms with Gasteiger partial charge in [0, 0.05) is 0 Å². The Bertz CT molecular complexity index is 193. The number of halogens is 3. The zero-order valence-electron chi connectivity index (χ0n) is 7.67. The Labute approximate surface area is 140 Å². The van der Waals surface area contributed by atoms with Crippen LogP contribution in [0.5, 0.6) is 0 Å². The molecule has 0 atom stereocenters. The van der Waals surface area contributed by atoms with Gasteiger partial charge in [0.1, 0.15) is 0 Å². The fourth-order valence-electron chi connectivity index (χ4n) is 0.642. The molecule has 0 aromatic heterocycles. The zero-order valence-corrected chi connectivity index (χ0v) is 16.5. The molecule has 0 aliphatic rings. The van der Waals surface area contributed by atoms with E-state index in [4.69, 9.17) is 0 Å². The molecule has 0 radical (unpaired) electrons. The minimum absolute atomic E-state index is 0. The summed E-state index contributed by atoms with van der Waals surface area (Å²) < 4.78 is -0.132. The monoisotopic (exact) mass is 619 g/mol. The summed E-state index contributed by atoms with van der Waals surface area (Å²) in [7, 11) is 0. The van der Waals surface area contributed by atoms with Crippen molar-refractivity contribution in [3.8, 4) is 0 Å². The summed E-state index contributed by atoms with van der Waals surface area (Å²) in [6.07, 6.45) is 0. The molecule has 0 fully saturated rings. The van der Waals surface area contributed by atoms with E-state index in [0.29, 0.717) is 0 Å². The molecule has 85 valence electrons. The molecule has 15 heavy (non-hydrogen) atoms. The van der Waals surface area contributed by atoms with Gasteiger partial charge in [-0.2, -0.15) is 36.4 Å². The Balaban J connectivity index is 0. The third kappa shape index (κ3) is 21.7. The predicted octanol–water partition coefficient (Wildman–Crippen LogP) is 5.46. The quantitative estimate of drug-likeness (QED) is 0.209. The van der Waals surface area contributed by atoms with Crippen molar-refractivity contribution < 1.29 is 21.4 Å². The summed E-state index contributed by atoms with van der Waals surface area (Å²) in [6.45, 7) is 0.